The third kappa shape index (κ3) is 3.15. The number of nitrogens with zero attached hydrogens (tertiary/aromatic N) is 1. The van der Waals surface area contributed by atoms with Gasteiger partial charge in [0.05, 0.1) is 10.0 Å². The van der Waals surface area contributed by atoms with E-state index in [1.54, 1.807) is 18.2 Å². The van der Waals surface area contributed by atoms with Gasteiger partial charge in [-0.3, -0.25) is 4.79 Å². The lowest BCUT2D eigenvalue weighted by Gasteiger charge is -2.21. The fourth-order valence-corrected chi connectivity index (χ4v) is 2.40. The van der Waals surface area contributed by atoms with Gasteiger partial charge in [0, 0.05) is 23.5 Å². The number of rotatable bonds is 4. The predicted octanol–water partition coefficient (Wildman–Crippen LogP) is 3.99. The van der Waals surface area contributed by atoms with Crippen LogP contribution in [0.2, 0.25) is 10.0 Å². The van der Waals surface area contributed by atoms with Crippen LogP contribution in [0.5, 0.6) is 0 Å². The summed E-state index contributed by atoms with van der Waals surface area (Å²) < 4.78 is 0. The van der Waals surface area contributed by atoms with Crippen molar-refractivity contribution in [3.05, 3.63) is 33.8 Å². The van der Waals surface area contributed by atoms with Crippen molar-refractivity contribution < 1.29 is 4.79 Å². The van der Waals surface area contributed by atoms with E-state index in [-0.39, 0.29) is 5.91 Å². The monoisotopic (exact) mass is 335 g/mol. The smallest absolute Gasteiger partial charge is 0.254 e. The predicted molar refractivity (Wildman–Crippen MR) is 74.3 cm³/mol. The van der Waals surface area contributed by atoms with Crippen molar-refractivity contribution in [2.75, 3.05) is 11.9 Å². The molecule has 5 heteroatoms. The first-order chi connectivity index (χ1) is 8.13. The lowest BCUT2D eigenvalue weighted by atomic mass is 10.2. The van der Waals surface area contributed by atoms with Crippen molar-refractivity contribution in [3.8, 4) is 0 Å². The van der Waals surface area contributed by atoms with Gasteiger partial charge < -0.3 is 4.90 Å². The van der Waals surface area contributed by atoms with Crippen molar-refractivity contribution in [1.82, 2.24) is 4.90 Å². The molecule has 0 spiro atoms. The highest BCUT2D eigenvalue weighted by atomic mass is 79.9. The van der Waals surface area contributed by atoms with Gasteiger partial charge in [0.1, 0.15) is 0 Å². The molecule has 1 aliphatic carbocycles. The van der Waals surface area contributed by atoms with Gasteiger partial charge >= 0.3 is 0 Å². The average Bonchev–Trinajstić information content (AvgIpc) is 3.13. The number of hydrogen-bond donors (Lipinski definition) is 0. The summed E-state index contributed by atoms with van der Waals surface area (Å²) >= 11 is 15.1. The number of amides is 1. The van der Waals surface area contributed by atoms with E-state index in [0.29, 0.717) is 21.7 Å². The highest BCUT2D eigenvalue weighted by Gasteiger charge is 2.32. The third-order valence-electron chi connectivity index (χ3n) is 2.74. The molecule has 0 N–H and O–H groups in total. The Morgan fingerprint density at radius 3 is 2.59 bits per heavy atom. The van der Waals surface area contributed by atoms with E-state index >= 15 is 0 Å². The fourth-order valence-electron chi connectivity index (χ4n) is 1.72. The SMILES string of the molecule is O=C(c1ccc(Cl)c(Cl)c1)N(CCBr)C1CC1. The molecule has 92 valence electrons. The van der Waals surface area contributed by atoms with E-state index in [0.717, 1.165) is 24.7 Å². The van der Waals surface area contributed by atoms with Gasteiger partial charge in [0.2, 0.25) is 0 Å². The Kier molecular flexibility index (Phi) is 4.34. The quantitative estimate of drug-likeness (QED) is 0.761. The number of halogens is 3. The molecule has 17 heavy (non-hydrogen) atoms. The molecule has 0 heterocycles. The second-order valence-corrected chi connectivity index (χ2v) is 5.65. The Hall–Kier alpha value is -0.250. The van der Waals surface area contributed by atoms with Crippen LogP contribution in [0, 0.1) is 0 Å². The van der Waals surface area contributed by atoms with Crippen molar-refractivity contribution in [2.45, 2.75) is 18.9 Å². The van der Waals surface area contributed by atoms with Gasteiger partial charge in [-0.1, -0.05) is 39.1 Å². The summed E-state index contributed by atoms with van der Waals surface area (Å²) in [7, 11) is 0. The number of alkyl halides is 1. The lowest BCUT2D eigenvalue weighted by molar-refractivity contribution is 0.0754. The average molecular weight is 337 g/mol. The Balaban J connectivity index is 2.19. The molecule has 0 unspecified atom stereocenters. The summed E-state index contributed by atoms with van der Waals surface area (Å²) in [4.78, 5) is 14.2. The van der Waals surface area contributed by atoms with Gasteiger partial charge in [-0.15, -0.1) is 0 Å². The minimum atomic E-state index is 0.0329. The van der Waals surface area contributed by atoms with Crippen molar-refractivity contribution in [1.29, 1.82) is 0 Å². The second kappa shape index (κ2) is 5.59. The van der Waals surface area contributed by atoms with Crippen molar-refractivity contribution in [2.24, 2.45) is 0 Å². The Morgan fingerprint density at radius 2 is 2.06 bits per heavy atom. The summed E-state index contributed by atoms with van der Waals surface area (Å²) in [6, 6.07) is 5.42. The van der Waals surface area contributed by atoms with Crippen LogP contribution in [-0.2, 0) is 0 Å². The molecular formula is C12H12BrCl2NO. The maximum Gasteiger partial charge on any atom is 0.254 e. The summed E-state index contributed by atoms with van der Waals surface area (Å²) in [6.45, 7) is 0.726. The minimum absolute atomic E-state index is 0.0329. The highest BCUT2D eigenvalue weighted by molar-refractivity contribution is 9.09. The van der Waals surface area contributed by atoms with Gasteiger partial charge in [-0.25, -0.2) is 0 Å². The van der Waals surface area contributed by atoms with E-state index < -0.39 is 0 Å². The molecule has 0 aliphatic heterocycles. The van der Waals surface area contributed by atoms with Crippen LogP contribution in [0.1, 0.15) is 23.2 Å². The first kappa shape index (κ1) is 13.2. The van der Waals surface area contributed by atoms with E-state index in [1.807, 2.05) is 4.90 Å². The number of carbonyl (C=O) groups excluding carboxylic acids is 1. The molecule has 1 aromatic carbocycles. The van der Waals surface area contributed by atoms with E-state index in [2.05, 4.69) is 15.9 Å². The molecule has 0 radical (unpaired) electrons. The summed E-state index contributed by atoms with van der Waals surface area (Å²) in [5.74, 6) is 0.0329. The van der Waals surface area contributed by atoms with Crippen LogP contribution in [0.25, 0.3) is 0 Å². The van der Waals surface area contributed by atoms with E-state index in [1.165, 1.54) is 0 Å². The number of carbonyl (C=O) groups is 1. The zero-order chi connectivity index (χ0) is 12.4. The largest absolute Gasteiger partial charge is 0.335 e. The van der Waals surface area contributed by atoms with E-state index in [4.69, 9.17) is 23.2 Å². The van der Waals surface area contributed by atoms with Crippen LogP contribution in [0.3, 0.4) is 0 Å². The Morgan fingerprint density at radius 1 is 1.35 bits per heavy atom. The molecule has 2 nitrogen and oxygen atoms in total. The third-order valence-corrected chi connectivity index (χ3v) is 3.83. The summed E-state index contributed by atoms with van der Waals surface area (Å²) in [5.41, 5.74) is 0.604. The first-order valence-corrected chi connectivity index (χ1v) is 7.33. The molecular weight excluding hydrogens is 325 g/mol. The molecule has 2 rings (SSSR count). The van der Waals surface area contributed by atoms with Gasteiger partial charge in [-0.2, -0.15) is 0 Å². The molecule has 1 aliphatic rings. The van der Waals surface area contributed by atoms with Crippen LogP contribution >= 0.6 is 39.1 Å². The van der Waals surface area contributed by atoms with Crippen LogP contribution in [0.4, 0.5) is 0 Å². The molecule has 1 fully saturated rings. The first-order valence-electron chi connectivity index (χ1n) is 5.45. The maximum absolute atomic E-state index is 12.3. The molecule has 0 bridgehead atoms. The number of benzene rings is 1. The Bertz CT molecular complexity index is 435. The molecule has 1 amide bonds. The minimum Gasteiger partial charge on any atom is -0.335 e. The Labute approximate surface area is 119 Å². The van der Waals surface area contributed by atoms with Crippen molar-refractivity contribution in [3.63, 3.8) is 0 Å². The summed E-state index contributed by atoms with van der Waals surface area (Å²) in [5, 5.41) is 1.69. The second-order valence-electron chi connectivity index (χ2n) is 4.05. The van der Waals surface area contributed by atoms with Crippen LogP contribution < -0.4 is 0 Å². The molecule has 0 saturated heterocycles. The molecule has 0 aromatic heterocycles. The zero-order valence-electron chi connectivity index (χ0n) is 9.13. The van der Waals surface area contributed by atoms with Gasteiger partial charge in [0.25, 0.3) is 5.91 Å². The topological polar surface area (TPSA) is 20.3 Å². The number of hydrogen-bond acceptors (Lipinski definition) is 1. The van der Waals surface area contributed by atoms with E-state index in [9.17, 15) is 4.79 Å². The zero-order valence-corrected chi connectivity index (χ0v) is 12.2. The van der Waals surface area contributed by atoms with Gasteiger partial charge in [0.15, 0.2) is 0 Å². The van der Waals surface area contributed by atoms with Crippen LogP contribution in [0.15, 0.2) is 18.2 Å². The fraction of sp³-hybridized carbons (Fsp3) is 0.417. The normalized spacial score (nSPS) is 14.8. The lowest BCUT2D eigenvalue weighted by Crippen LogP contribution is -2.34. The highest BCUT2D eigenvalue weighted by Crippen LogP contribution is 2.29. The molecule has 0 atom stereocenters. The van der Waals surface area contributed by atoms with Crippen LogP contribution in [-0.4, -0.2) is 28.7 Å². The summed E-state index contributed by atoms with van der Waals surface area (Å²) in [6.07, 6.45) is 2.19. The van der Waals surface area contributed by atoms with Crippen molar-refractivity contribution >= 4 is 45.0 Å². The molecule has 1 saturated carbocycles. The standard InChI is InChI=1S/C12H12BrCl2NO/c13-5-6-16(9-2-3-9)12(17)8-1-4-10(14)11(15)7-8/h1,4,7,9H,2-3,5-6H2. The van der Waals surface area contributed by atoms with Gasteiger partial charge in [-0.05, 0) is 31.0 Å². The maximum atomic E-state index is 12.3. The molecule has 1 aromatic rings.